The minimum Gasteiger partial charge on any atom is -0.488 e. The zero-order valence-electron chi connectivity index (χ0n) is 23.6. The van der Waals surface area contributed by atoms with E-state index in [-0.39, 0.29) is 47.5 Å². The summed E-state index contributed by atoms with van der Waals surface area (Å²) in [4.78, 5) is 17.5. The van der Waals surface area contributed by atoms with Crippen LogP contribution in [0.2, 0.25) is 5.02 Å². The molecule has 2 aliphatic heterocycles. The van der Waals surface area contributed by atoms with Crippen molar-refractivity contribution < 1.29 is 32.5 Å². The van der Waals surface area contributed by atoms with E-state index >= 15 is 0 Å². The van der Waals surface area contributed by atoms with Gasteiger partial charge in [-0.15, -0.1) is 0 Å². The van der Waals surface area contributed by atoms with Gasteiger partial charge in [-0.25, -0.2) is 8.42 Å². The molecule has 0 saturated carbocycles. The first-order valence-corrected chi connectivity index (χ1v) is 15.5. The molecule has 0 aromatic heterocycles. The number of rotatable bonds is 9. The normalized spacial score (nSPS) is 19.1. The number of carbonyl (C=O) groups is 1. The zero-order chi connectivity index (χ0) is 30.0. The zero-order valence-corrected chi connectivity index (χ0v) is 25.2. The summed E-state index contributed by atoms with van der Waals surface area (Å²) < 4.78 is 45.9. The van der Waals surface area contributed by atoms with Gasteiger partial charge in [0, 0.05) is 36.3 Å². The Hall–Kier alpha value is -3.51. The number of hydrogen-bond donors (Lipinski definition) is 2. The van der Waals surface area contributed by atoms with Crippen LogP contribution in [-0.2, 0) is 16.6 Å². The van der Waals surface area contributed by atoms with E-state index in [4.69, 9.17) is 25.8 Å². The van der Waals surface area contributed by atoms with E-state index in [1.54, 1.807) is 24.0 Å². The Labute approximate surface area is 250 Å². The van der Waals surface area contributed by atoms with Crippen molar-refractivity contribution in [2.75, 3.05) is 38.3 Å². The van der Waals surface area contributed by atoms with Crippen LogP contribution in [0.4, 0.5) is 5.69 Å². The standard InChI is InChI=1S/C30H34ClN3O7S/c1-19-14-34(20(2)17-35)30(36)25-13-23(32-42(37,38)24-8-5-22(31)6-9-24)7-11-26(25)41-29(19)16-33(3)15-21-4-10-27-28(12-21)40-18-39-27/h4-13,19-20,29,32,35H,14-18H2,1-3H3/t19-,20+,29-/m0/s1. The van der Waals surface area contributed by atoms with Crippen LogP contribution in [0.3, 0.4) is 0 Å². The second-order valence-corrected chi connectivity index (χ2v) is 12.9. The number of sulfonamides is 1. The van der Waals surface area contributed by atoms with E-state index in [1.807, 2.05) is 32.2 Å². The second-order valence-electron chi connectivity index (χ2n) is 10.8. The predicted octanol–water partition coefficient (Wildman–Crippen LogP) is 4.22. The van der Waals surface area contributed by atoms with Crippen molar-refractivity contribution >= 4 is 33.2 Å². The number of nitrogens with zero attached hydrogens (tertiary/aromatic N) is 2. The molecule has 0 aliphatic carbocycles. The quantitative estimate of drug-likeness (QED) is 0.367. The summed E-state index contributed by atoms with van der Waals surface area (Å²) in [6.07, 6.45) is -0.305. The van der Waals surface area contributed by atoms with Crippen molar-refractivity contribution in [3.05, 3.63) is 76.8 Å². The summed E-state index contributed by atoms with van der Waals surface area (Å²) in [5, 5.41) is 10.4. The number of anilines is 1. The Kier molecular flexibility index (Phi) is 8.84. The molecule has 3 atom stereocenters. The number of benzene rings is 3. The molecule has 0 spiro atoms. The number of nitrogens with one attached hydrogen (secondary N) is 1. The first kappa shape index (κ1) is 30.0. The average Bonchev–Trinajstić information content (AvgIpc) is 3.43. The van der Waals surface area contributed by atoms with Gasteiger partial charge in [-0.1, -0.05) is 24.6 Å². The monoisotopic (exact) mass is 615 g/mol. The van der Waals surface area contributed by atoms with Crippen molar-refractivity contribution in [1.29, 1.82) is 0 Å². The van der Waals surface area contributed by atoms with E-state index < -0.39 is 16.1 Å². The van der Waals surface area contributed by atoms with Gasteiger partial charge in [-0.05, 0) is 74.1 Å². The molecule has 10 nitrogen and oxygen atoms in total. The van der Waals surface area contributed by atoms with Crippen molar-refractivity contribution in [2.24, 2.45) is 5.92 Å². The number of fused-ring (bicyclic) bond motifs is 2. The smallest absolute Gasteiger partial charge is 0.261 e. The first-order chi connectivity index (χ1) is 20.0. The van der Waals surface area contributed by atoms with E-state index in [9.17, 15) is 18.3 Å². The number of hydrogen-bond acceptors (Lipinski definition) is 8. The number of amides is 1. The number of ether oxygens (including phenoxy) is 3. The van der Waals surface area contributed by atoms with Crippen LogP contribution >= 0.6 is 11.6 Å². The van der Waals surface area contributed by atoms with Gasteiger partial charge in [0.05, 0.1) is 23.1 Å². The molecule has 5 rings (SSSR count). The molecule has 0 fully saturated rings. The van der Waals surface area contributed by atoms with Crippen LogP contribution in [0.5, 0.6) is 17.2 Å². The Morgan fingerprint density at radius 3 is 2.52 bits per heavy atom. The van der Waals surface area contributed by atoms with Crippen LogP contribution < -0.4 is 18.9 Å². The van der Waals surface area contributed by atoms with Crippen LogP contribution in [0.1, 0.15) is 29.8 Å². The SMILES string of the molecule is C[C@H](CO)N1C[C@H](C)[C@H](CN(C)Cc2ccc3c(c2)OCO3)Oc2ccc(NS(=O)(=O)c3ccc(Cl)cc3)cc2C1=O. The van der Waals surface area contributed by atoms with Gasteiger partial charge >= 0.3 is 0 Å². The molecule has 2 aliphatic rings. The second kappa shape index (κ2) is 12.4. The van der Waals surface area contributed by atoms with Crippen molar-refractivity contribution in [3.8, 4) is 17.2 Å². The minimum atomic E-state index is -3.93. The summed E-state index contributed by atoms with van der Waals surface area (Å²) in [5.41, 5.74) is 1.48. The molecule has 0 unspecified atom stereocenters. The van der Waals surface area contributed by atoms with Gasteiger partial charge in [-0.3, -0.25) is 14.4 Å². The lowest BCUT2D eigenvalue weighted by molar-refractivity contribution is 0.0341. The molecule has 42 heavy (non-hydrogen) atoms. The summed E-state index contributed by atoms with van der Waals surface area (Å²) >= 11 is 5.91. The van der Waals surface area contributed by atoms with Crippen molar-refractivity contribution in [1.82, 2.24) is 9.80 Å². The maximum absolute atomic E-state index is 13.7. The molecule has 1 amide bonds. The lowest BCUT2D eigenvalue weighted by Crippen LogP contribution is -2.49. The fourth-order valence-electron chi connectivity index (χ4n) is 5.05. The highest BCUT2D eigenvalue weighted by Crippen LogP contribution is 2.34. The molecule has 2 heterocycles. The number of carbonyl (C=O) groups excluding carboxylic acids is 1. The molecule has 224 valence electrons. The molecule has 0 radical (unpaired) electrons. The van der Waals surface area contributed by atoms with E-state index in [0.29, 0.717) is 30.4 Å². The highest BCUT2D eigenvalue weighted by Gasteiger charge is 2.34. The van der Waals surface area contributed by atoms with Gasteiger partial charge in [0.1, 0.15) is 11.9 Å². The Balaban J connectivity index is 1.40. The van der Waals surface area contributed by atoms with Gasteiger partial charge in [0.25, 0.3) is 15.9 Å². The summed E-state index contributed by atoms with van der Waals surface area (Å²) in [6.45, 7) is 5.33. The minimum absolute atomic E-state index is 0.0381. The summed E-state index contributed by atoms with van der Waals surface area (Å²) in [5.74, 6) is 1.38. The molecule has 3 aromatic rings. The molecule has 2 N–H and O–H groups in total. The van der Waals surface area contributed by atoms with Gasteiger partial charge in [0.2, 0.25) is 6.79 Å². The highest BCUT2D eigenvalue weighted by atomic mass is 35.5. The topological polar surface area (TPSA) is 118 Å². The lowest BCUT2D eigenvalue weighted by atomic mass is 9.99. The highest BCUT2D eigenvalue weighted by molar-refractivity contribution is 7.92. The number of aliphatic hydroxyl groups excluding tert-OH is 1. The van der Waals surface area contributed by atoms with Crippen molar-refractivity contribution in [2.45, 2.75) is 37.4 Å². The third-order valence-electron chi connectivity index (χ3n) is 7.42. The summed E-state index contributed by atoms with van der Waals surface area (Å²) in [6, 6.07) is 15.9. The third kappa shape index (κ3) is 6.59. The summed E-state index contributed by atoms with van der Waals surface area (Å²) in [7, 11) is -1.94. The lowest BCUT2D eigenvalue weighted by Gasteiger charge is -2.38. The van der Waals surface area contributed by atoms with Crippen LogP contribution in [0, 0.1) is 5.92 Å². The largest absolute Gasteiger partial charge is 0.488 e. The molecular weight excluding hydrogens is 582 g/mol. The van der Waals surface area contributed by atoms with Crippen LogP contribution in [-0.4, -0.2) is 74.9 Å². The molecule has 0 bridgehead atoms. The Morgan fingerprint density at radius 2 is 1.79 bits per heavy atom. The van der Waals surface area contributed by atoms with Crippen LogP contribution in [0.15, 0.2) is 65.6 Å². The van der Waals surface area contributed by atoms with Gasteiger partial charge in [0.15, 0.2) is 11.5 Å². The van der Waals surface area contributed by atoms with Gasteiger partial charge < -0.3 is 24.2 Å². The first-order valence-electron chi connectivity index (χ1n) is 13.6. The number of halogens is 1. The fourth-order valence-corrected chi connectivity index (χ4v) is 6.23. The van der Waals surface area contributed by atoms with E-state index in [0.717, 1.165) is 17.1 Å². The maximum atomic E-state index is 13.7. The Morgan fingerprint density at radius 1 is 1.07 bits per heavy atom. The molecule has 0 saturated heterocycles. The predicted molar refractivity (Wildman–Crippen MR) is 159 cm³/mol. The Bertz CT molecular complexity index is 1550. The number of likely N-dealkylation sites (N-methyl/N-ethyl adjacent to an activating group) is 1. The fraction of sp³-hybridized carbons (Fsp3) is 0.367. The number of aliphatic hydroxyl groups is 1. The average molecular weight is 616 g/mol. The third-order valence-corrected chi connectivity index (χ3v) is 9.07. The van der Waals surface area contributed by atoms with E-state index in [1.165, 1.54) is 30.3 Å². The van der Waals surface area contributed by atoms with Crippen LogP contribution in [0.25, 0.3) is 0 Å². The van der Waals surface area contributed by atoms with Gasteiger partial charge in [-0.2, -0.15) is 0 Å². The molecular formula is C30H34ClN3O7S. The maximum Gasteiger partial charge on any atom is 0.261 e. The van der Waals surface area contributed by atoms with E-state index in [2.05, 4.69) is 9.62 Å². The molecule has 12 heteroatoms. The molecule has 3 aromatic carbocycles. The van der Waals surface area contributed by atoms with Crippen molar-refractivity contribution in [3.63, 3.8) is 0 Å².